The maximum Gasteiger partial charge on any atom is 0.295 e. The highest BCUT2D eigenvalue weighted by Crippen LogP contribution is 2.58. The Bertz CT molecular complexity index is 458. The maximum absolute atomic E-state index is 12.8. The van der Waals surface area contributed by atoms with Crippen LogP contribution in [0.2, 0.25) is 0 Å². The fourth-order valence-corrected chi connectivity index (χ4v) is 4.50. The van der Waals surface area contributed by atoms with Crippen molar-refractivity contribution >= 4 is 7.52 Å². The summed E-state index contributed by atoms with van der Waals surface area (Å²) in [4.78, 5) is 0. The summed E-state index contributed by atoms with van der Waals surface area (Å²) in [6.07, 6.45) is 2.75. The summed E-state index contributed by atoms with van der Waals surface area (Å²) in [7, 11) is -2.79. The van der Waals surface area contributed by atoms with E-state index >= 15 is 0 Å². The molecule has 18 heavy (non-hydrogen) atoms. The van der Waals surface area contributed by atoms with E-state index in [-0.39, 0.29) is 6.04 Å². The summed E-state index contributed by atoms with van der Waals surface area (Å²) < 4.78 is 20.3. The molecule has 0 saturated carbocycles. The maximum atomic E-state index is 12.8. The van der Waals surface area contributed by atoms with Crippen molar-refractivity contribution in [3.63, 3.8) is 0 Å². The number of hydrogen-bond donors (Lipinski definition) is 0. The SMILES string of the molecule is C/C=C/[P@@]1(=O)OCCCN1[C@H](C)c1ccccc1. The predicted molar refractivity (Wildman–Crippen MR) is 74.6 cm³/mol. The topological polar surface area (TPSA) is 29.5 Å². The molecule has 0 unspecified atom stereocenters. The lowest BCUT2D eigenvalue weighted by Gasteiger charge is -2.37. The van der Waals surface area contributed by atoms with Gasteiger partial charge in [-0.2, -0.15) is 0 Å². The number of allylic oxidation sites excluding steroid dienone is 1. The van der Waals surface area contributed by atoms with Crippen molar-refractivity contribution in [2.45, 2.75) is 26.3 Å². The van der Waals surface area contributed by atoms with E-state index in [4.69, 9.17) is 4.52 Å². The minimum atomic E-state index is -2.79. The van der Waals surface area contributed by atoms with Crippen LogP contribution in [0.25, 0.3) is 0 Å². The molecule has 4 heteroatoms. The van der Waals surface area contributed by atoms with Gasteiger partial charge < -0.3 is 4.52 Å². The van der Waals surface area contributed by atoms with Crippen molar-refractivity contribution in [3.05, 3.63) is 47.8 Å². The lowest BCUT2D eigenvalue weighted by atomic mass is 10.1. The molecule has 1 fully saturated rings. The van der Waals surface area contributed by atoms with Crippen molar-refractivity contribution in [1.29, 1.82) is 0 Å². The molecule has 2 rings (SSSR count). The van der Waals surface area contributed by atoms with Gasteiger partial charge in [-0.1, -0.05) is 36.4 Å². The Hall–Kier alpha value is -0.890. The third-order valence-corrected chi connectivity index (χ3v) is 5.72. The Morgan fingerprint density at radius 2 is 2.11 bits per heavy atom. The van der Waals surface area contributed by atoms with Gasteiger partial charge in [0.1, 0.15) is 0 Å². The van der Waals surface area contributed by atoms with Gasteiger partial charge in [0.25, 0.3) is 7.52 Å². The Balaban J connectivity index is 2.27. The second kappa shape index (κ2) is 5.83. The molecule has 3 nitrogen and oxygen atoms in total. The standard InChI is InChI=1S/C14H20NO2P/c1-3-12-18(16)15(10-7-11-17-18)13(2)14-8-5-4-6-9-14/h3-6,8-9,12-13H,7,10-11H2,1-2H3/b12-3+/t13-,18-/m1/s1. The highest BCUT2D eigenvalue weighted by molar-refractivity contribution is 7.59. The normalized spacial score (nSPS) is 27.4. The summed E-state index contributed by atoms with van der Waals surface area (Å²) in [5.74, 6) is 1.71. The minimum absolute atomic E-state index is 0.105. The van der Waals surface area contributed by atoms with Crippen molar-refractivity contribution in [2.24, 2.45) is 0 Å². The van der Waals surface area contributed by atoms with Crippen molar-refractivity contribution < 1.29 is 9.09 Å². The first-order valence-electron chi connectivity index (χ1n) is 6.37. The molecule has 0 radical (unpaired) electrons. The third-order valence-electron chi connectivity index (χ3n) is 3.23. The number of hydrogen-bond acceptors (Lipinski definition) is 2. The monoisotopic (exact) mass is 265 g/mol. The molecule has 0 aliphatic carbocycles. The highest BCUT2D eigenvalue weighted by Gasteiger charge is 2.35. The molecule has 1 heterocycles. The molecule has 98 valence electrons. The van der Waals surface area contributed by atoms with Crippen LogP contribution < -0.4 is 0 Å². The summed E-state index contributed by atoms with van der Waals surface area (Å²) in [5, 5.41) is 0. The molecule has 1 aromatic rings. The summed E-state index contributed by atoms with van der Waals surface area (Å²) in [6.45, 7) is 5.36. The van der Waals surface area contributed by atoms with Gasteiger partial charge >= 0.3 is 0 Å². The quantitative estimate of drug-likeness (QED) is 0.767. The second-order valence-corrected chi connectivity index (χ2v) is 6.68. The fourth-order valence-electron chi connectivity index (χ4n) is 2.29. The van der Waals surface area contributed by atoms with E-state index in [1.165, 1.54) is 5.56 Å². The lowest BCUT2D eigenvalue weighted by Crippen LogP contribution is -2.30. The van der Waals surface area contributed by atoms with Crippen molar-refractivity contribution in [1.82, 2.24) is 4.67 Å². The van der Waals surface area contributed by atoms with Gasteiger partial charge in [-0.05, 0) is 25.8 Å². The predicted octanol–water partition coefficient (Wildman–Crippen LogP) is 4.20. The van der Waals surface area contributed by atoms with Crippen LogP contribution in [0.1, 0.15) is 31.9 Å². The van der Waals surface area contributed by atoms with Crippen LogP contribution >= 0.6 is 7.52 Å². The molecule has 0 spiro atoms. The molecular formula is C14H20NO2P. The average Bonchev–Trinajstić information content (AvgIpc) is 2.39. The van der Waals surface area contributed by atoms with E-state index in [0.717, 1.165) is 13.0 Å². The molecule has 1 aromatic carbocycles. The van der Waals surface area contributed by atoms with Gasteiger partial charge in [0.15, 0.2) is 0 Å². The minimum Gasteiger partial charge on any atom is -0.314 e. The molecule has 0 N–H and O–H groups in total. The molecule has 1 aliphatic heterocycles. The Kier molecular flexibility index (Phi) is 4.39. The first-order chi connectivity index (χ1) is 8.67. The van der Waals surface area contributed by atoms with Crippen LogP contribution in [0.3, 0.4) is 0 Å². The summed E-state index contributed by atoms with van der Waals surface area (Å²) in [6, 6.07) is 10.3. The Morgan fingerprint density at radius 1 is 1.39 bits per heavy atom. The summed E-state index contributed by atoms with van der Waals surface area (Å²) >= 11 is 0. The van der Waals surface area contributed by atoms with Crippen molar-refractivity contribution in [2.75, 3.05) is 13.2 Å². The molecular weight excluding hydrogens is 245 g/mol. The van der Waals surface area contributed by atoms with Crippen molar-refractivity contribution in [3.8, 4) is 0 Å². The first kappa shape index (κ1) is 13.5. The van der Waals surface area contributed by atoms with Gasteiger partial charge in [-0.15, -0.1) is 0 Å². The zero-order valence-corrected chi connectivity index (χ0v) is 11.8. The van der Waals surface area contributed by atoms with Crippen LogP contribution in [0.4, 0.5) is 0 Å². The average molecular weight is 265 g/mol. The first-order valence-corrected chi connectivity index (χ1v) is 8.02. The van der Waals surface area contributed by atoms with E-state index in [1.54, 1.807) is 5.82 Å². The van der Waals surface area contributed by atoms with E-state index in [0.29, 0.717) is 6.61 Å². The fraction of sp³-hybridized carbons (Fsp3) is 0.429. The highest BCUT2D eigenvalue weighted by atomic mass is 31.2. The molecule has 1 saturated heterocycles. The van der Waals surface area contributed by atoms with E-state index in [1.807, 2.05) is 35.9 Å². The number of nitrogens with zero attached hydrogens (tertiary/aromatic N) is 1. The lowest BCUT2D eigenvalue weighted by molar-refractivity contribution is 0.189. The van der Waals surface area contributed by atoms with Crippen LogP contribution in [0, 0.1) is 0 Å². The van der Waals surface area contributed by atoms with E-state index in [9.17, 15) is 4.57 Å². The molecule has 0 amide bonds. The van der Waals surface area contributed by atoms with Crippen LogP contribution in [0.5, 0.6) is 0 Å². The molecule has 0 bridgehead atoms. The van der Waals surface area contributed by atoms with Crippen LogP contribution in [-0.4, -0.2) is 17.8 Å². The van der Waals surface area contributed by atoms with Gasteiger partial charge in [0.05, 0.1) is 6.61 Å². The van der Waals surface area contributed by atoms with E-state index < -0.39 is 7.52 Å². The third kappa shape index (κ3) is 2.74. The van der Waals surface area contributed by atoms with Crippen LogP contribution in [-0.2, 0) is 9.09 Å². The zero-order valence-electron chi connectivity index (χ0n) is 11.0. The van der Waals surface area contributed by atoms with Gasteiger partial charge in [-0.25, -0.2) is 4.67 Å². The largest absolute Gasteiger partial charge is 0.314 e. The van der Waals surface area contributed by atoms with Crippen LogP contribution in [0.15, 0.2) is 42.2 Å². The second-order valence-electron chi connectivity index (χ2n) is 4.48. The molecule has 0 aromatic heterocycles. The number of benzene rings is 1. The van der Waals surface area contributed by atoms with Gasteiger partial charge in [0, 0.05) is 18.4 Å². The zero-order chi connectivity index (χ0) is 13.0. The van der Waals surface area contributed by atoms with E-state index in [2.05, 4.69) is 19.1 Å². The Morgan fingerprint density at radius 3 is 2.78 bits per heavy atom. The Labute approximate surface area is 109 Å². The molecule has 2 atom stereocenters. The van der Waals surface area contributed by atoms with Gasteiger partial charge in [-0.3, -0.25) is 4.57 Å². The van der Waals surface area contributed by atoms with Gasteiger partial charge in [0.2, 0.25) is 0 Å². The number of rotatable bonds is 3. The molecule has 1 aliphatic rings. The smallest absolute Gasteiger partial charge is 0.295 e. The summed E-state index contributed by atoms with van der Waals surface area (Å²) in [5.41, 5.74) is 1.17.